The van der Waals surface area contributed by atoms with Gasteiger partial charge in [0.05, 0.1) is 0 Å². The summed E-state index contributed by atoms with van der Waals surface area (Å²) in [5.74, 6) is 1.74. The Morgan fingerprint density at radius 2 is 0.949 bits per heavy atom. The van der Waals surface area contributed by atoms with Gasteiger partial charge in [0, 0.05) is 34.1 Å². The maximum Gasteiger partial charge on any atom is 0.242 e. The topological polar surface area (TPSA) is 12.5 Å². The first-order valence-corrected chi connectivity index (χ1v) is 20.4. The second-order valence-electron chi connectivity index (χ2n) is 15.6. The van der Waals surface area contributed by atoms with Crippen LogP contribution in [0.15, 0.2) is 218 Å². The molecule has 0 N–H and O–H groups in total. The van der Waals surface area contributed by atoms with Crippen molar-refractivity contribution < 1.29 is 4.74 Å². The first kappa shape index (κ1) is 33.5. The zero-order valence-corrected chi connectivity index (χ0v) is 32.2. The maximum absolute atomic E-state index is 6.91. The molecule has 0 unspecified atom stereocenters. The summed E-state index contributed by atoms with van der Waals surface area (Å²) in [4.78, 5) is 2.29. The summed E-state index contributed by atoms with van der Waals surface area (Å²) in [6, 6.07) is 79.4. The van der Waals surface area contributed by atoms with Crippen LogP contribution in [0, 0.1) is 0 Å². The third kappa shape index (κ3) is 5.43. The van der Waals surface area contributed by atoms with E-state index in [1.54, 1.807) is 0 Å². The molecule has 0 aliphatic carbocycles. The highest BCUT2D eigenvalue weighted by Gasteiger charge is 2.28. The lowest BCUT2D eigenvalue weighted by Gasteiger charge is -2.28. The molecule has 59 heavy (non-hydrogen) atoms. The van der Waals surface area contributed by atoms with E-state index in [4.69, 9.17) is 4.74 Å². The van der Waals surface area contributed by atoms with Gasteiger partial charge in [-0.05, 0) is 103 Å². The van der Waals surface area contributed by atoms with E-state index in [1.807, 2.05) is 0 Å². The van der Waals surface area contributed by atoms with Crippen molar-refractivity contribution in [1.29, 1.82) is 0 Å². The second-order valence-corrected chi connectivity index (χ2v) is 15.6. The Bertz CT molecular complexity index is 3380. The van der Waals surface area contributed by atoms with Gasteiger partial charge in [0.2, 0.25) is 6.71 Å². The first-order chi connectivity index (χ1) is 29.3. The van der Waals surface area contributed by atoms with Gasteiger partial charge < -0.3 is 9.64 Å². The second kappa shape index (κ2) is 13.5. The molecule has 0 atom stereocenters. The third-order valence-electron chi connectivity index (χ3n) is 12.3. The van der Waals surface area contributed by atoms with Crippen LogP contribution in [0.1, 0.15) is 0 Å². The van der Waals surface area contributed by atoms with Crippen LogP contribution in [0.2, 0.25) is 0 Å². The van der Waals surface area contributed by atoms with Crippen molar-refractivity contribution in [3.63, 3.8) is 0 Å². The molecule has 0 amide bonds. The molecular formula is C56H36BNO. The van der Waals surface area contributed by atoms with E-state index in [1.165, 1.54) is 70.4 Å². The van der Waals surface area contributed by atoms with Crippen LogP contribution in [-0.4, -0.2) is 6.71 Å². The number of anilines is 3. The molecule has 0 spiro atoms. The fraction of sp³-hybridized carbons (Fsp3) is 0. The van der Waals surface area contributed by atoms with Crippen LogP contribution >= 0.6 is 0 Å². The van der Waals surface area contributed by atoms with Gasteiger partial charge in [-0.2, -0.15) is 0 Å². The minimum atomic E-state index is 0.0137. The number of benzene rings is 11. The van der Waals surface area contributed by atoms with Crippen LogP contribution in [-0.2, 0) is 0 Å². The molecule has 1 aliphatic heterocycles. The largest absolute Gasteiger partial charge is 0.456 e. The van der Waals surface area contributed by atoms with Crippen LogP contribution in [0.4, 0.5) is 17.1 Å². The lowest BCUT2D eigenvalue weighted by Crippen LogP contribution is -2.52. The Hall–Kier alpha value is -7.62. The smallest absolute Gasteiger partial charge is 0.242 e. The molecule has 0 bridgehead atoms. The highest BCUT2D eigenvalue weighted by Crippen LogP contribution is 2.51. The van der Waals surface area contributed by atoms with E-state index >= 15 is 0 Å². The molecule has 0 saturated heterocycles. The van der Waals surface area contributed by atoms with Crippen LogP contribution in [0.3, 0.4) is 0 Å². The standard InChI is InChI=1S/C56H36BNO/c1-4-16-39(17-5-1)57(40-29-31-45-38(33-40)28-27-37-15-10-11-22-44(37)45)53-36-51-49-25-14-26-54-56(49)52(35-50(51)46-23-12-13-24-47(46)53)48-32-30-43(34-55(48)59-54)58(41-18-6-2-7-19-41)42-20-8-3-9-21-42/h1-36H. The van der Waals surface area contributed by atoms with E-state index in [0.717, 1.165) is 39.5 Å². The quantitative estimate of drug-likeness (QED) is 0.124. The fourth-order valence-corrected chi connectivity index (χ4v) is 9.68. The number of nitrogens with zero attached hydrogens (tertiary/aromatic N) is 1. The van der Waals surface area contributed by atoms with Crippen molar-refractivity contribution in [1.82, 2.24) is 0 Å². The van der Waals surface area contributed by atoms with Crippen molar-refractivity contribution in [2.45, 2.75) is 0 Å². The number of hydrogen-bond acceptors (Lipinski definition) is 2. The molecule has 3 heteroatoms. The van der Waals surface area contributed by atoms with Gasteiger partial charge in [-0.1, -0.05) is 180 Å². The molecule has 2 nitrogen and oxygen atoms in total. The Kier molecular flexibility index (Phi) is 7.67. The van der Waals surface area contributed by atoms with Crippen molar-refractivity contribution >= 4 is 94.0 Å². The summed E-state index contributed by atoms with van der Waals surface area (Å²) in [5.41, 5.74) is 9.37. The summed E-state index contributed by atoms with van der Waals surface area (Å²) in [7, 11) is 0. The predicted molar refractivity (Wildman–Crippen MR) is 252 cm³/mol. The van der Waals surface area contributed by atoms with Crippen molar-refractivity contribution in [3.8, 4) is 22.6 Å². The normalized spacial score (nSPS) is 11.9. The number of para-hydroxylation sites is 2. The summed E-state index contributed by atoms with van der Waals surface area (Å²) < 4.78 is 6.91. The minimum absolute atomic E-state index is 0.0137. The fourth-order valence-electron chi connectivity index (χ4n) is 9.68. The SMILES string of the molecule is c1ccc(B(c2ccc3c(ccc4ccccc43)c2)c2cc3c4cccc5c4c(cc3c3ccccc23)-c2ccc(N(c3ccccc3)c3ccccc3)cc2O5)cc1. The summed E-state index contributed by atoms with van der Waals surface area (Å²) in [5, 5.41) is 12.4. The van der Waals surface area contributed by atoms with Crippen LogP contribution in [0.25, 0.3) is 65.0 Å². The average Bonchev–Trinajstić information content (AvgIpc) is 3.30. The van der Waals surface area contributed by atoms with E-state index in [9.17, 15) is 0 Å². The highest BCUT2D eigenvalue weighted by molar-refractivity contribution is 6.97. The molecule has 0 saturated carbocycles. The molecule has 0 radical (unpaired) electrons. The summed E-state index contributed by atoms with van der Waals surface area (Å²) in [6.07, 6.45) is 0. The molecule has 0 fully saturated rings. The van der Waals surface area contributed by atoms with Gasteiger partial charge in [-0.3, -0.25) is 0 Å². The van der Waals surface area contributed by atoms with E-state index in [-0.39, 0.29) is 6.71 Å². The van der Waals surface area contributed by atoms with Crippen molar-refractivity contribution in [3.05, 3.63) is 218 Å². The lowest BCUT2D eigenvalue weighted by atomic mass is 9.36. The van der Waals surface area contributed by atoms with E-state index in [2.05, 4.69) is 223 Å². The summed E-state index contributed by atoms with van der Waals surface area (Å²) in [6.45, 7) is 0.0137. The Morgan fingerprint density at radius 1 is 0.322 bits per heavy atom. The summed E-state index contributed by atoms with van der Waals surface area (Å²) >= 11 is 0. The van der Waals surface area contributed by atoms with Crippen LogP contribution < -0.4 is 26.0 Å². The monoisotopic (exact) mass is 749 g/mol. The molecule has 11 aromatic carbocycles. The minimum Gasteiger partial charge on any atom is -0.456 e. The molecular weight excluding hydrogens is 713 g/mol. The molecule has 1 aliphatic rings. The predicted octanol–water partition coefficient (Wildman–Crippen LogP) is 13.2. The lowest BCUT2D eigenvalue weighted by molar-refractivity contribution is 0.487. The molecule has 274 valence electrons. The van der Waals surface area contributed by atoms with Gasteiger partial charge in [0.25, 0.3) is 0 Å². The number of hydrogen-bond donors (Lipinski definition) is 0. The Labute approximate surface area is 343 Å². The van der Waals surface area contributed by atoms with Crippen molar-refractivity contribution in [2.24, 2.45) is 0 Å². The zero-order valence-electron chi connectivity index (χ0n) is 32.2. The van der Waals surface area contributed by atoms with E-state index < -0.39 is 0 Å². The molecule has 0 aromatic heterocycles. The first-order valence-electron chi connectivity index (χ1n) is 20.4. The molecule has 1 heterocycles. The molecule has 11 aromatic rings. The number of ether oxygens (including phenoxy) is 1. The average molecular weight is 750 g/mol. The van der Waals surface area contributed by atoms with Gasteiger partial charge >= 0.3 is 0 Å². The third-order valence-corrected chi connectivity index (χ3v) is 12.3. The van der Waals surface area contributed by atoms with Crippen molar-refractivity contribution in [2.75, 3.05) is 4.90 Å². The van der Waals surface area contributed by atoms with Gasteiger partial charge in [-0.25, -0.2) is 0 Å². The van der Waals surface area contributed by atoms with Crippen LogP contribution in [0.5, 0.6) is 11.5 Å². The maximum atomic E-state index is 6.91. The van der Waals surface area contributed by atoms with Gasteiger partial charge in [0.15, 0.2) is 0 Å². The highest BCUT2D eigenvalue weighted by atomic mass is 16.5. The zero-order chi connectivity index (χ0) is 38.9. The Morgan fingerprint density at radius 3 is 1.73 bits per heavy atom. The molecule has 12 rings (SSSR count). The van der Waals surface area contributed by atoms with E-state index in [0.29, 0.717) is 0 Å². The van der Waals surface area contributed by atoms with Gasteiger partial charge in [-0.15, -0.1) is 0 Å². The number of fused-ring (bicyclic) bond motifs is 9. The Balaban J connectivity index is 1.07. The van der Waals surface area contributed by atoms with Gasteiger partial charge in [0.1, 0.15) is 11.5 Å². The number of rotatable bonds is 6.